The third kappa shape index (κ3) is 3.66. The Kier molecular flexibility index (Phi) is 3.77. The van der Waals surface area contributed by atoms with Crippen molar-refractivity contribution in [1.82, 2.24) is 0 Å². The highest BCUT2D eigenvalue weighted by Gasteiger charge is 2.08. The summed E-state index contributed by atoms with van der Waals surface area (Å²) in [6, 6.07) is 6.82. The van der Waals surface area contributed by atoms with Gasteiger partial charge in [0.15, 0.2) is 0 Å². The van der Waals surface area contributed by atoms with Crippen LogP contribution in [0.15, 0.2) is 24.3 Å². The molecule has 0 aromatic heterocycles. The first-order valence-corrected chi connectivity index (χ1v) is 4.60. The van der Waals surface area contributed by atoms with Crippen molar-refractivity contribution in [2.24, 2.45) is 0 Å². The van der Waals surface area contributed by atoms with E-state index in [0.29, 0.717) is 10.8 Å². The molecule has 4 heteroatoms. The number of carboxylic acid groups (broad SMARTS) is 1. The van der Waals surface area contributed by atoms with Crippen LogP contribution in [0.1, 0.15) is 13.3 Å². The van der Waals surface area contributed by atoms with Gasteiger partial charge in [0, 0.05) is 5.02 Å². The van der Waals surface area contributed by atoms with E-state index >= 15 is 0 Å². The lowest BCUT2D eigenvalue weighted by molar-refractivity contribution is -0.138. The third-order valence-corrected chi connectivity index (χ3v) is 1.86. The van der Waals surface area contributed by atoms with Crippen molar-refractivity contribution in [2.75, 3.05) is 0 Å². The van der Waals surface area contributed by atoms with Crippen LogP contribution < -0.4 is 4.74 Å². The van der Waals surface area contributed by atoms with Crippen molar-refractivity contribution in [3.63, 3.8) is 0 Å². The molecular weight excluding hydrogens is 204 g/mol. The summed E-state index contributed by atoms with van der Waals surface area (Å²) in [5, 5.41) is 9.13. The molecule has 1 unspecified atom stereocenters. The summed E-state index contributed by atoms with van der Waals surface area (Å²) in [4.78, 5) is 10.4. The number of hydrogen-bond donors (Lipinski definition) is 1. The van der Waals surface area contributed by atoms with Crippen LogP contribution in [0.5, 0.6) is 5.75 Å². The summed E-state index contributed by atoms with van der Waals surface area (Å²) in [7, 11) is 0. The zero-order valence-electron chi connectivity index (χ0n) is 7.74. The summed E-state index contributed by atoms with van der Waals surface area (Å²) in [5.41, 5.74) is 0. The number of carboxylic acids is 1. The second kappa shape index (κ2) is 4.86. The van der Waals surface area contributed by atoms with Gasteiger partial charge >= 0.3 is 5.97 Å². The molecular formula is C10H11ClO3. The van der Waals surface area contributed by atoms with Gasteiger partial charge in [-0.2, -0.15) is 0 Å². The second-order valence-corrected chi connectivity index (χ2v) is 3.42. The van der Waals surface area contributed by atoms with Gasteiger partial charge in [0.2, 0.25) is 0 Å². The maximum atomic E-state index is 10.4. The molecule has 0 spiro atoms. The number of halogens is 1. The van der Waals surface area contributed by atoms with Gasteiger partial charge in [-0.05, 0) is 31.2 Å². The highest BCUT2D eigenvalue weighted by molar-refractivity contribution is 6.30. The lowest BCUT2D eigenvalue weighted by Gasteiger charge is -2.12. The van der Waals surface area contributed by atoms with Gasteiger partial charge in [-0.1, -0.05) is 11.6 Å². The largest absolute Gasteiger partial charge is 0.490 e. The number of rotatable bonds is 4. The molecule has 0 fully saturated rings. The van der Waals surface area contributed by atoms with Gasteiger partial charge in [-0.15, -0.1) is 0 Å². The zero-order chi connectivity index (χ0) is 10.6. The normalized spacial score (nSPS) is 12.1. The van der Waals surface area contributed by atoms with E-state index in [2.05, 4.69) is 0 Å². The summed E-state index contributed by atoms with van der Waals surface area (Å²) in [6.45, 7) is 1.71. The second-order valence-electron chi connectivity index (χ2n) is 2.98. The molecule has 1 aromatic carbocycles. The van der Waals surface area contributed by atoms with Crippen LogP contribution in [0.2, 0.25) is 5.02 Å². The molecule has 0 aliphatic heterocycles. The van der Waals surface area contributed by atoms with Crippen molar-refractivity contribution >= 4 is 17.6 Å². The molecule has 1 atom stereocenters. The average Bonchev–Trinajstić information content (AvgIpc) is 2.07. The molecule has 0 saturated heterocycles. The lowest BCUT2D eigenvalue weighted by atomic mass is 10.3. The van der Waals surface area contributed by atoms with E-state index in [-0.39, 0.29) is 12.5 Å². The number of aliphatic carboxylic acids is 1. The summed E-state index contributed by atoms with van der Waals surface area (Å²) in [5.74, 6) is -0.241. The van der Waals surface area contributed by atoms with Crippen molar-refractivity contribution in [3.8, 4) is 5.75 Å². The van der Waals surface area contributed by atoms with E-state index in [1.807, 2.05) is 0 Å². The molecule has 0 bridgehead atoms. The van der Waals surface area contributed by atoms with Crippen LogP contribution in [-0.4, -0.2) is 17.2 Å². The van der Waals surface area contributed by atoms with Crippen LogP contribution >= 0.6 is 11.6 Å². The minimum Gasteiger partial charge on any atom is -0.490 e. The van der Waals surface area contributed by atoms with Gasteiger partial charge in [-0.3, -0.25) is 4.79 Å². The average molecular weight is 215 g/mol. The van der Waals surface area contributed by atoms with E-state index in [1.54, 1.807) is 31.2 Å². The van der Waals surface area contributed by atoms with Gasteiger partial charge in [0.1, 0.15) is 11.9 Å². The molecule has 1 N–H and O–H groups in total. The van der Waals surface area contributed by atoms with Gasteiger partial charge < -0.3 is 9.84 Å². The minimum atomic E-state index is -0.869. The summed E-state index contributed by atoms with van der Waals surface area (Å²) in [6.07, 6.45) is -0.350. The van der Waals surface area contributed by atoms with Crippen LogP contribution in [0.4, 0.5) is 0 Å². The highest BCUT2D eigenvalue weighted by atomic mass is 35.5. The highest BCUT2D eigenvalue weighted by Crippen LogP contribution is 2.17. The molecule has 0 heterocycles. The summed E-state index contributed by atoms with van der Waals surface area (Å²) < 4.78 is 5.34. The molecule has 0 aliphatic rings. The quantitative estimate of drug-likeness (QED) is 0.838. The molecule has 14 heavy (non-hydrogen) atoms. The molecule has 3 nitrogen and oxygen atoms in total. The van der Waals surface area contributed by atoms with Crippen LogP contribution in [0.3, 0.4) is 0 Å². The monoisotopic (exact) mass is 214 g/mol. The topological polar surface area (TPSA) is 46.5 Å². The Morgan fingerprint density at radius 3 is 2.57 bits per heavy atom. The number of ether oxygens (including phenoxy) is 1. The fraction of sp³-hybridized carbons (Fsp3) is 0.300. The smallest absolute Gasteiger partial charge is 0.307 e. The first-order chi connectivity index (χ1) is 6.58. The van der Waals surface area contributed by atoms with Crippen LogP contribution in [-0.2, 0) is 4.79 Å². The van der Waals surface area contributed by atoms with Crippen molar-refractivity contribution in [2.45, 2.75) is 19.4 Å². The van der Waals surface area contributed by atoms with Crippen molar-refractivity contribution < 1.29 is 14.6 Å². The van der Waals surface area contributed by atoms with E-state index in [4.69, 9.17) is 21.4 Å². The predicted molar refractivity (Wildman–Crippen MR) is 53.8 cm³/mol. The van der Waals surface area contributed by atoms with Gasteiger partial charge in [0.05, 0.1) is 6.42 Å². The fourth-order valence-electron chi connectivity index (χ4n) is 1.03. The minimum absolute atomic E-state index is 0.0113. The summed E-state index contributed by atoms with van der Waals surface area (Å²) >= 11 is 5.68. The number of hydrogen-bond acceptors (Lipinski definition) is 2. The van der Waals surface area contributed by atoms with Gasteiger partial charge in [0.25, 0.3) is 0 Å². The Labute approximate surface area is 87.3 Å². The molecule has 1 aromatic rings. The number of benzene rings is 1. The fourth-order valence-corrected chi connectivity index (χ4v) is 1.16. The molecule has 0 saturated carbocycles. The first-order valence-electron chi connectivity index (χ1n) is 4.22. The Balaban J connectivity index is 2.51. The van der Waals surface area contributed by atoms with Gasteiger partial charge in [-0.25, -0.2) is 0 Å². The van der Waals surface area contributed by atoms with Crippen LogP contribution in [0.25, 0.3) is 0 Å². The maximum absolute atomic E-state index is 10.4. The Morgan fingerprint density at radius 1 is 1.50 bits per heavy atom. The standard InChI is InChI=1S/C10H11ClO3/c1-7(6-10(12)13)14-9-4-2-8(11)3-5-9/h2-5,7H,6H2,1H3,(H,12,13). The molecule has 1 rings (SSSR count). The Morgan fingerprint density at radius 2 is 2.07 bits per heavy atom. The Bertz CT molecular complexity index is 308. The molecule has 0 amide bonds. The molecule has 76 valence electrons. The first kappa shape index (κ1) is 10.9. The van der Waals surface area contributed by atoms with Crippen LogP contribution in [0, 0.1) is 0 Å². The SMILES string of the molecule is CC(CC(=O)O)Oc1ccc(Cl)cc1. The van der Waals surface area contributed by atoms with Crippen molar-refractivity contribution in [1.29, 1.82) is 0 Å². The number of carbonyl (C=O) groups is 1. The van der Waals surface area contributed by atoms with E-state index < -0.39 is 5.97 Å². The Hall–Kier alpha value is -1.22. The zero-order valence-corrected chi connectivity index (χ0v) is 8.49. The van der Waals surface area contributed by atoms with Crippen molar-refractivity contribution in [3.05, 3.63) is 29.3 Å². The lowest BCUT2D eigenvalue weighted by Crippen LogP contribution is -2.16. The van der Waals surface area contributed by atoms with E-state index in [1.165, 1.54) is 0 Å². The molecule has 0 aliphatic carbocycles. The maximum Gasteiger partial charge on any atom is 0.307 e. The molecule has 0 radical (unpaired) electrons. The predicted octanol–water partition coefficient (Wildman–Crippen LogP) is 2.58. The van der Waals surface area contributed by atoms with E-state index in [9.17, 15) is 4.79 Å². The third-order valence-electron chi connectivity index (χ3n) is 1.61. The van der Waals surface area contributed by atoms with E-state index in [0.717, 1.165) is 0 Å².